The van der Waals surface area contributed by atoms with Gasteiger partial charge in [-0.2, -0.15) is 0 Å². The van der Waals surface area contributed by atoms with Crippen LogP contribution in [0.5, 0.6) is 0 Å². The van der Waals surface area contributed by atoms with Crippen molar-refractivity contribution in [1.29, 1.82) is 0 Å². The molecular formula is C16H24BNO3. The van der Waals surface area contributed by atoms with Gasteiger partial charge in [0, 0.05) is 6.54 Å². The van der Waals surface area contributed by atoms with Crippen molar-refractivity contribution in [3.05, 3.63) is 29.8 Å². The van der Waals surface area contributed by atoms with Gasteiger partial charge in [-0.15, -0.1) is 0 Å². The number of benzene rings is 1. The van der Waals surface area contributed by atoms with E-state index < -0.39 is 0 Å². The van der Waals surface area contributed by atoms with E-state index in [4.69, 9.17) is 9.31 Å². The van der Waals surface area contributed by atoms with Crippen molar-refractivity contribution in [2.24, 2.45) is 0 Å². The van der Waals surface area contributed by atoms with Gasteiger partial charge < -0.3 is 14.6 Å². The number of hydrogen-bond acceptors (Lipinski definition) is 3. The molecule has 1 aliphatic rings. The zero-order valence-corrected chi connectivity index (χ0v) is 13.5. The Balaban J connectivity index is 2.14. The minimum atomic E-state index is -0.385. The van der Waals surface area contributed by atoms with E-state index in [0.29, 0.717) is 13.0 Å². The second-order valence-corrected chi connectivity index (χ2v) is 6.46. The number of rotatable bonds is 4. The van der Waals surface area contributed by atoms with E-state index >= 15 is 0 Å². The van der Waals surface area contributed by atoms with Crippen LogP contribution in [0.3, 0.4) is 0 Å². The van der Waals surface area contributed by atoms with Crippen molar-refractivity contribution < 1.29 is 14.1 Å². The third-order valence-electron chi connectivity index (χ3n) is 4.22. The van der Waals surface area contributed by atoms with E-state index in [9.17, 15) is 4.79 Å². The fraction of sp³-hybridized carbons (Fsp3) is 0.562. The van der Waals surface area contributed by atoms with E-state index in [2.05, 4.69) is 5.32 Å². The van der Waals surface area contributed by atoms with Crippen LogP contribution < -0.4 is 10.8 Å². The Bertz CT molecular complexity index is 512. The van der Waals surface area contributed by atoms with Gasteiger partial charge in [0.1, 0.15) is 0 Å². The lowest BCUT2D eigenvalue weighted by Gasteiger charge is -2.32. The van der Waals surface area contributed by atoms with E-state index in [1.165, 1.54) is 0 Å². The van der Waals surface area contributed by atoms with Crippen LogP contribution in [0.2, 0.25) is 0 Å². The quantitative estimate of drug-likeness (QED) is 0.858. The Kier molecular flexibility index (Phi) is 4.44. The average molecular weight is 289 g/mol. The van der Waals surface area contributed by atoms with Crippen molar-refractivity contribution in [3.8, 4) is 0 Å². The Labute approximate surface area is 127 Å². The molecule has 0 bridgehead atoms. The Morgan fingerprint density at radius 3 is 2.38 bits per heavy atom. The molecule has 0 unspecified atom stereocenters. The zero-order chi connectivity index (χ0) is 15.7. The lowest BCUT2D eigenvalue weighted by atomic mass is 9.78. The molecule has 0 saturated carbocycles. The molecule has 1 saturated heterocycles. The van der Waals surface area contributed by atoms with Crippen molar-refractivity contribution in [3.63, 3.8) is 0 Å². The second-order valence-electron chi connectivity index (χ2n) is 6.46. The van der Waals surface area contributed by atoms with Crippen molar-refractivity contribution in [1.82, 2.24) is 5.32 Å². The number of likely N-dealkylation sites (N-methyl/N-ethyl adjacent to an activating group) is 1. The summed E-state index contributed by atoms with van der Waals surface area (Å²) in [5.74, 6) is 0.0311. The molecule has 0 aliphatic carbocycles. The van der Waals surface area contributed by atoms with Crippen LogP contribution >= 0.6 is 0 Å². The summed E-state index contributed by atoms with van der Waals surface area (Å²) in [6.45, 7) is 10.7. The highest BCUT2D eigenvalue weighted by Gasteiger charge is 2.51. The number of amides is 1. The third-order valence-corrected chi connectivity index (χ3v) is 4.22. The molecule has 5 heteroatoms. The van der Waals surface area contributed by atoms with Crippen LogP contribution in [0.1, 0.15) is 40.2 Å². The van der Waals surface area contributed by atoms with Gasteiger partial charge in [0.25, 0.3) is 0 Å². The monoisotopic (exact) mass is 289 g/mol. The summed E-state index contributed by atoms with van der Waals surface area (Å²) < 4.78 is 12.1. The largest absolute Gasteiger partial charge is 0.494 e. The number of nitrogens with one attached hydrogen (secondary N) is 1. The lowest BCUT2D eigenvalue weighted by molar-refractivity contribution is -0.120. The molecule has 1 amide bonds. The van der Waals surface area contributed by atoms with Gasteiger partial charge in [-0.25, -0.2) is 0 Å². The predicted molar refractivity (Wildman–Crippen MR) is 84.5 cm³/mol. The summed E-state index contributed by atoms with van der Waals surface area (Å²) in [6.07, 6.45) is 0.376. The first-order valence-corrected chi connectivity index (χ1v) is 7.46. The minimum Gasteiger partial charge on any atom is -0.399 e. The summed E-state index contributed by atoms with van der Waals surface area (Å²) >= 11 is 0. The molecule has 114 valence electrons. The van der Waals surface area contributed by atoms with Gasteiger partial charge in [-0.05, 0) is 45.6 Å². The normalized spacial score (nSPS) is 19.6. The van der Waals surface area contributed by atoms with Crippen LogP contribution in [0.15, 0.2) is 24.3 Å². The van der Waals surface area contributed by atoms with Crippen molar-refractivity contribution >= 4 is 18.5 Å². The van der Waals surface area contributed by atoms with Gasteiger partial charge in [-0.3, -0.25) is 4.79 Å². The molecule has 0 atom stereocenters. The molecule has 4 nitrogen and oxygen atoms in total. The highest BCUT2D eigenvalue weighted by Crippen LogP contribution is 2.36. The summed E-state index contributed by atoms with van der Waals surface area (Å²) in [4.78, 5) is 11.7. The van der Waals surface area contributed by atoms with Gasteiger partial charge in [0.05, 0.1) is 17.6 Å². The first kappa shape index (κ1) is 16.1. The topological polar surface area (TPSA) is 47.6 Å². The standard InChI is InChI=1S/C16H24BNO3/c1-6-18-14(19)11-12-8-7-9-13(10-12)17-20-15(2,3)16(4,5)21-17/h7-10H,6,11H2,1-5H3,(H,18,19). The van der Waals surface area contributed by atoms with Crippen LogP contribution in [0.25, 0.3) is 0 Å². The number of carbonyl (C=O) groups is 1. The predicted octanol–water partition coefficient (Wildman–Crippen LogP) is 1.66. The highest BCUT2D eigenvalue weighted by atomic mass is 16.7. The van der Waals surface area contributed by atoms with Crippen molar-refractivity contribution in [2.45, 2.75) is 52.2 Å². The van der Waals surface area contributed by atoms with Gasteiger partial charge in [0.15, 0.2) is 0 Å². The summed E-state index contributed by atoms with van der Waals surface area (Å²) in [5.41, 5.74) is 1.21. The molecule has 1 aliphatic heterocycles. The first-order chi connectivity index (χ1) is 9.75. The van der Waals surface area contributed by atoms with Gasteiger partial charge >= 0.3 is 7.12 Å². The lowest BCUT2D eigenvalue weighted by Crippen LogP contribution is -2.41. The fourth-order valence-corrected chi connectivity index (χ4v) is 2.27. The third kappa shape index (κ3) is 3.47. The Hall–Kier alpha value is -1.33. The van der Waals surface area contributed by atoms with Crippen LogP contribution in [0, 0.1) is 0 Å². The second kappa shape index (κ2) is 5.81. The molecule has 1 aromatic rings. The molecule has 1 fully saturated rings. The molecule has 2 rings (SSSR count). The molecule has 21 heavy (non-hydrogen) atoms. The maximum atomic E-state index is 11.7. The molecule has 0 spiro atoms. The summed E-state index contributed by atoms with van der Waals surface area (Å²) in [5, 5.41) is 2.81. The minimum absolute atomic E-state index is 0.0311. The average Bonchev–Trinajstić information content (AvgIpc) is 2.59. The Morgan fingerprint density at radius 2 is 1.81 bits per heavy atom. The summed E-state index contributed by atoms with van der Waals surface area (Å²) in [6, 6.07) is 7.85. The van der Waals surface area contributed by atoms with Crippen LogP contribution in [-0.2, 0) is 20.5 Å². The molecule has 1 heterocycles. The fourth-order valence-electron chi connectivity index (χ4n) is 2.27. The molecule has 1 N–H and O–H groups in total. The van der Waals surface area contributed by atoms with Gasteiger partial charge in [-0.1, -0.05) is 24.3 Å². The van der Waals surface area contributed by atoms with Crippen LogP contribution in [-0.4, -0.2) is 30.8 Å². The molecule has 0 radical (unpaired) electrons. The number of carbonyl (C=O) groups excluding carboxylic acids is 1. The maximum absolute atomic E-state index is 11.7. The van der Waals surface area contributed by atoms with E-state index in [-0.39, 0.29) is 24.2 Å². The maximum Gasteiger partial charge on any atom is 0.494 e. The summed E-state index contributed by atoms with van der Waals surface area (Å²) in [7, 11) is -0.385. The number of hydrogen-bond donors (Lipinski definition) is 1. The van der Waals surface area contributed by atoms with Crippen LogP contribution in [0.4, 0.5) is 0 Å². The smallest absolute Gasteiger partial charge is 0.399 e. The van der Waals surface area contributed by atoms with E-state index in [0.717, 1.165) is 11.0 Å². The SMILES string of the molecule is CCNC(=O)Cc1cccc(B2OC(C)(C)C(C)(C)O2)c1. The molecule has 1 aromatic carbocycles. The zero-order valence-electron chi connectivity index (χ0n) is 13.5. The molecule has 0 aromatic heterocycles. The van der Waals surface area contributed by atoms with Gasteiger partial charge in [0.2, 0.25) is 5.91 Å². The first-order valence-electron chi connectivity index (χ1n) is 7.46. The van der Waals surface area contributed by atoms with Crippen molar-refractivity contribution in [2.75, 3.05) is 6.54 Å². The highest BCUT2D eigenvalue weighted by molar-refractivity contribution is 6.62. The van der Waals surface area contributed by atoms with E-state index in [1.54, 1.807) is 0 Å². The molecular weight excluding hydrogens is 265 g/mol. The Morgan fingerprint density at radius 1 is 1.19 bits per heavy atom. The van der Waals surface area contributed by atoms with E-state index in [1.807, 2.05) is 58.9 Å².